The van der Waals surface area contributed by atoms with Gasteiger partial charge >= 0.3 is 6.09 Å². The lowest BCUT2D eigenvalue weighted by atomic mass is 10.2. The van der Waals surface area contributed by atoms with Gasteiger partial charge in [0.2, 0.25) is 0 Å². The number of amides is 1. The first kappa shape index (κ1) is 15.8. The van der Waals surface area contributed by atoms with Crippen molar-refractivity contribution in [3.63, 3.8) is 0 Å². The molecule has 0 bridgehead atoms. The number of carbonyl (C=O) groups excluding carboxylic acids is 1. The van der Waals surface area contributed by atoms with Crippen LogP contribution < -0.4 is 10.6 Å². The smallest absolute Gasteiger partial charge is 0.413 e. The summed E-state index contributed by atoms with van der Waals surface area (Å²) in [6.45, 7) is 6.08. The number of imidazole rings is 1. The molecule has 22 heavy (non-hydrogen) atoms. The second-order valence-corrected chi connectivity index (χ2v) is 5.91. The lowest BCUT2D eigenvalue weighted by Crippen LogP contribution is -2.27. The fraction of sp³-hybridized carbons (Fsp3) is 0.400. The lowest BCUT2D eigenvalue weighted by molar-refractivity contribution is 0.0635. The number of aromatic nitrogens is 3. The molecule has 7 heteroatoms. The van der Waals surface area contributed by atoms with Gasteiger partial charge < -0.3 is 14.6 Å². The van der Waals surface area contributed by atoms with Crippen molar-refractivity contribution in [3.8, 4) is 0 Å². The minimum absolute atomic E-state index is 0.445. The van der Waals surface area contributed by atoms with Crippen LogP contribution in [-0.4, -0.2) is 26.2 Å². The van der Waals surface area contributed by atoms with Gasteiger partial charge in [-0.3, -0.25) is 5.32 Å². The molecule has 2 N–H and O–H groups in total. The zero-order valence-corrected chi connectivity index (χ0v) is 13.3. The Morgan fingerprint density at radius 3 is 2.64 bits per heavy atom. The topological polar surface area (TPSA) is 81.1 Å². The molecule has 0 saturated heterocycles. The highest BCUT2D eigenvalue weighted by molar-refractivity contribution is 5.83. The monoisotopic (exact) mass is 303 g/mol. The van der Waals surface area contributed by atoms with E-state index in [9.17, 15) is 4.79 Å². The highest BCUT2D eigenvalue weighted by Gasteiger charge is 2.16. The number of carbonyl (C=O) groups is 1. The van der Waals surface area contributed by atoms with Gasteiger partial charge in [0.15, 0.2) is 0 Å². The molecular formula is C15H21N5O2. The quantitative estimate of drug-likeness (QED) is 0.907. The van der Waals surface area contributed by atoms with Crippen molar-refractivity contribution in [3.05, 3.63) is 36.5 Å². The van der Waals surface area contributed by atoms with Crippen LogP contribution in [0.5, 0.6) is 0 Å². The van der Waals surface area contributed by atoms with E-state index in [-0.39, 0.29) is 0 Å². The zero-order valence-electron chi connectivity index (χ0n) is 13.3. The Labute approximate surface area is 129 Å². The van der Waals surface area contributed by atoms with Gasteiger partial charge in [-0.25, -0.2) is 14.8 Å². The van der Waals surface area contributed by atoms with Gasteiger partial charge in [0.05, 0.1) is 30.5 Å². The zero-order chi connectivity index (χ0) is 16.2. The Morgan fingerprint density at radius 1 is 1.32 bits per heavy atom. The summed E-state index contributed by atoms with van der Waals surface area (Å²) in [6.07, 6.45) is 4.70. The summed E-state index contributed by atoms with van der Waals surface area (Å²) in [5.74, 6) is 0.445. The van der Waals surface area contributed by atoms with Crippen molar-refractivity contribution >= 4 is 17.6 Å². The SMILES string of the molecule is Cn1cncc1CNc1ccc(NC(=O)OC(C)(C)C)nc1. The van der Waals surface area contributed by atoms with Crippen LogP contribution in [-0.2, 0) is 18.3 Å². The van der Waals surface area contributed by atoms with E-state index in [4.69, 9.17) is 4.74 Å². The molecule has 118 valence electrons. The standard InChI is InChI=1S/C15H21N5O2/c1-15(2,3)22-14(21)19-13-6-5-11(7-18-13)17-9-12-8-16-10-20(12)4/h5-8,10,17H,9H2,1-4H3,(H,18,19,21). The number of aryl methyl sites for hydroxylation is 1. The van der Waals surface area contributed by atoms with Crippen molar-refractivity contribution < 1.29 is 9.53 Å². The van der Waals surface area contributed by atoms with Gasteiger partial charge in [-0.05, 0) is 32.9 Å². The average Bonchev–Trinajstić information content (AvgIpc) is 2.81. The molecule has 1 amide bonds. The molecule has 0 aliphatic rings. The van der Waals surface area contributed by atoms with Crippen molar-refractivity contribution in [2.75, 3.05) is 10.6 Å². The molecule has 0 aliphatic heterocycles. The van der Waals surface area contributed by atoms with E-state index in [0.29, 0.717) is 12.4 Å². The molecule has 0 saturated carbocycles. The van der Waals surface area contributed by atoms with Crippen molar-refractivity contribution in [2.45, 2.75) is 32.9 Å². The Bertz CT molecular complexity index is 628. The number of ether oxygens (including phenoxy) is 1. The predicted octanol–water partition coefficient (Wildman–Crippen LogP) is 2.77. The fourth-order valence-electron chi connectivity index (χ4n) is 1.73. The van der Waals surface area contributed by atoms with E-state index in [0.717, 1.165) is 11.4 Å². The maximum atomic E-state index is 11.6. The molecule has 7 nitrogen and oxygen atoms in total. The molecule has 0 atom stereocenters. The first-order valence-corrected chi connectivity index (χ1v) is 6.98. The van der Waals surface area contributed by atoms with Crippen LogP contribution in [0.25, 0.3) is 0 Å². The summed E-state index contributed by atoms with van der Waals surface area (Å²) in [4.78, 5) is 19.9. The third kappa shape index (κ3) is 4.76. The molecule has 0 aliphatic carbocycles. The molecule has 0 fully saturated rings. The highest BCUT2D eigenvalue weighted by atomic mass is 16.6. The lowest BCUT2D eigenvalue weighted by Gasteiger charge is -2.19. The predicted molar refractivity (Wildman–Crippen MR) is 84.6 cm³/mol. The summed E-state index contributed by atoms with van der Waals surface area (Å²) in [5, 5.41) is 5.83. The van der Waals surface area contributed by atoms with Gasteiger partial charge in [0, 0.05) is 13.2 Å². The van der Waals surface area contributed by atoms with E-state index in [2.05, 4.69) is 20.6 Å². The molecule has 2 heterocycles. The van der Waals surface area contributed by atoms with Crippen LogP contribution in [0.3, 0.4) is 0 Å². The largest absolute Gasteiger partial charge is 0.444 e. The maximum absolute atomic E-state index is 11.6. The van der Waals surface area contributed by atoms with E-state index in [1.807, 2.05) is 38.5 Å². The minimum Gasteiger partial charge on any atom is -0.444 e. The Balaban J connectivity index is 1.87. The molecule has 2 aromatic heterocycles. The van der Waals surface area contributed by atoms with Gasteiger partial charge in [-0.2, -0.15) is 0 Å². The number of hydrogen-bond donors (Lipinski definition) is 2. The second-order valence-electron chi connectivity index (χ2n) is 5.91. The molecule has 0 unspecified atom stereocenters. The Hall–Kier alpha value is -2.57. The summed E-state index contributed by atoms with van der Waals surface area (Å²) in [6, 6.07) is 3.56. The van der Waals surface area contributed by atoms with Crippen LogP contribution in [0.4, 0.5) is 16.3 Å². The van der Waals surface area contributed by atoms with E-state index >= 15 is 0 Å². The van der Waals surface area contributed by atoms with Crippen LogP contribution in [0.2, 0.25) is 0 Å². The van der Waals surface area contributed by atoms with Crippen molar-refractivity contribution in [1.82, 2.24) is 14.5 Å². The van der Waals surface area contributed by atoms with Crippen LogP contribution >= 0.6 is 0 Å². The molecule has 2 rings (SSSR count). The third-order valence-electron chi connectivity index (χ3n) is 2.78. The molecule has 0 spiro atoms. The number of rotatable bonds is 4. The second kappa shape index (κ2) is 6.46. The van der Waals surface area contributed by atoms with Crippen LogP contribution in [0, 0.1) is 0 Å². The van der Waals surface area contributed by atoms with Crippen LogP contribution in [0.1, 0.15) is 26.5 Å². The summed E-state index contributed by atoms with van der Waals surface area (Å²) < 4.78 is 7.11. The number of pyridine rings is 1. The molecule has 0 radical (unpaired) electrons. The van der Waals surface area contributed by atoms with Crippen molar-refractivity contribution in [1.29, 1.82) is 0 Å². The van der Waals surface area contributed by atoms with Gasteiger partial charge in [-0.1, -0.05) is 0 Å². The van der Waals surface area contributed by atoms with E-state index in [1.54, 1.807) is 24.8 Å². The van der Waals surface area contributed by atoms with Gasteiger partial charge in [0.25, 0.3) is 0 Å². The first-order chi connectivity index (χ1) is 10.3. The number of nitrogens with one attached hydrogen (secondary N) is 2. The minimum atomic E-state index is -0.533. The Morgan fingerprint density at radius 2 is 2.09 bits per heavy atom. The Kier molecular flexibility index (Phi) is 4.65. The number of nitrogens with zero attached hydrogens (tertiary/aromatic N) is 3. The summed E-state index contributed by atoms with van der Waals surface area (Å²) >= 11 is 0. The first-order valence-electron chi connectivity index (χ1n) is 6.98. The van der Waals surface area contributed by atoms with Gasteiger partial charge in [0.1, 0.15) is 11.4 Å². The highest BCUT2D eigenvalue weighted by Crippen LogP contribution is 2.13. The maximum Gasteiger partial charge on any atom is 0.413 e. The van der Waals surface area contributed by atoms with Gasteiger partial charge in [-0.15, -0.1) is 0 Å². The fourth-order valence-corrected chi connectivity index (χ4v) is 1.73. The van der Waals surface area contributed by atoms with Crippen LogP contribution in [0.15, 0.2) is 30.9 Å². The van der Waals surface area contributed by atoms with E-state index < -0.39 is 11.7 Å². The van der Waals surface area contributed by atoms with E-state index in [1.165, 1.54) is 0 Å². The summed E-state index contributed by atoms with van der Waals surface area (Å²) in [7, 11) is 1.94. The molecule has 0 aromatic carbocycles. The number of anilines is 2. The van der Waals surface area contributed by atoms with Crippen molar-refractivity contribution in [2.24, 2.45) is 7.05 Å². The number of hydrogen-bond acceptors (Lipinski definition) is 5. The normalized spacial score (nSPS) is 11.1. The third-order valence-corrected chi connectivity index (χ3v) is 2.78. The summed E-state index contributed by atoms with van der Waals surface area (Å²) in [5.41, 5.74) is 1.39. The molecule has 2 aromatic rings. The molecular weight excluding hydrogens is 282 g/mol. The average molecular weight is 303 g/mol.